The largest absolute Gasteiger partial charge is 0.300 e. The number of hydrogen-bond donors (Lipinski definition) is 1. The zero-order valence-corrected chi connectivity index (χ0v) is 14.5. The number of carbonyl (C=O) groups excluding carboxylic acids is 1. The van der Waals surface area contributed by atoms with Gasteiger partial charge in [0.15, 0.2) is 5.17 Å². The molecule has 2 aromatic carbocycles. The van der Waals surface area contributed by atoms with Crippen molar-refractivity contribution in [1.29, 1.82) is 0 Å². The van der Waals surface area contributed by atoms with Crippen molar-refractivity contribution >= 4 is 34.6 Å². The molecule has 1 N–H and O–H groups in total. The summed E-state index contributed by atoms with van der Waals surface area (Å²) in [5.74, 6) is -0.479. The topological polar surface area (TPSA) is 41.5 Å². The number of amidine groups is 1. The zero-order chi connectivity index (χ0) is 17.3. The van der Waals surface area contributed by atoms with Gasteiger partial charge in [0, 0.05) is 0 Å². The zero-order valence-electron chi connectivity index (χ0n) is 13.7. The molecule has 0 aliphatic carbocycles. The van der Waals surface area contributed by atoms with Crippen molar-refractivity contribution in [3.8, 4) is 0 Å². The van der Waals surface area contributed by atoms with Crippen LogP contribution in [-0.4, -0.2) is 11.1 Å². The quantitative estimate of drug-likeness (QED) is 0.809. The molecule has 122 valence electrons. The summed E-state index contributed by atoms with van der Waals surface area (Å²) < 4.78 is 12.9. The number of thioether (sulfide) groups is 1. The first-order valence-electron chi connectivity index (χ1n) is 7.55. The highest BCUT2D eigenvalue weighted by molar-refractivity contribution is 8.18. The molecule has 0 atom stereocenters. The Kier molecular flexibility index (Phi) is 4.53. The van der Waals surface area contributed by atoms with Crippen LogP contribution < -0.4 is 5.32 Å². The van der Waals surface area contributed by atoms with Crippen LogP contribution in [0.2, 0.25) is 0 Å². The van der Waals surface area contributed by atoms with Gasteiger partial charge in [-0.1, -0.05) is 17.7 Å². The third-order valence-corrected chi connectivity index (χ3v) is 4.63. The number of nitrogens with one attached hydrogen (secondary N) is 1. The second kappa shape index (κ2) is 6.61. The van der Waals surface area contributed by atoms with E-state index in [2.05, 4.69) is 29.4 Å². The van der Waals surface area contributed by atoms with Crippen molar-refractivity contribution in [3.05, 3.63) is 69.4 Å². The Morgan fingerprint density at radius 1 is 1.08 bits per heavy atom. The van der Waals surface area contributed by atoms with Crippen LogP contribution >= 0.6 is 11.8 Å². The van der Waals surface area contributed by atoms with Crippen molar-refractivity contribution in [2.24, 2.45) is 4.99 Å². The molecular weight excluding hydrogens is 323 g/mol. The third-order valence-electron chi connectivity index (χ3n) is 3.72. The summed E-state index contributed by atoms with van der Waals surface area (Å²) in [6.07, 6.45) is 1.90. The highest BCUT2D eigenvalue weighted by Crippen LogP contribution is 2.30. The molecular formula is C19H17FN2OS. The van der Waals surface area contributed by atoms with E-state index in [1.165, 1.54) is 29.5 Å². The van der Waals surface area contributed by atoms with Crippen molar-refractivity contribution in [2.75, 3.05) is 0 Å². The van der Waals surface area contributed by atoms with Crippen LogP contribution in [0.4, 0.5) is 10.1 Å². The highest BCUT2D eigenvalue weighted by Gasteiger charge is 2.24. The molecule has 3 rings (SSSR count). The summed E-state index contributed by atoms with van der Waals surface area (Å²) in [6.45, 7) is 6.14. The Balaban J connectivity index is 1.89. The molecule has 3 nitrogen and oxygen atoms in total. The van der Waals surface area contributed by atoms with Gasteiger partial charge in [0.05, 0.1) is 10.6 Å². The van der Waals surface area contributed by atoms with Gasteiger partial charge in [-0.3, -0.25) is 4.79 Å². The molecule has 2 aromatic rings. The smallest absolute Gasteiger partial charge is 0.264 e. The number of halogens is 1. The molecule has 0 unspecified atom stereocenters. The Hall–Kier alpha value is -2.40. The Bertz CT molecular complexity index is 846. The van der Waals surface area contributed by atoms with Crippen LogP contribution in [0.1, 0.15) is 22.3 Å². The Morgan fingerprint density at radius 3 is 2.33 bits per heavy atom. The van der Waals surface area contributed by atoms with E-state index in [-0.39, 0.29) is 11.7 Å². The Labute approximate surface area is 144 Å². The number of benzene rings is 2. The van der Waals surface area contributed by atoms with Gasteiger partial charge in [-0.2, -0.15) is 0 Å². The van der Waals surface area contributed by atoms with Gasteiger partial charge >= 0.3 is 0 Å². The lowest BCUT2D eigenvalue weighted by molar-refractivity contribution is -0.115. The average molecular weight is 340 g/mol. The normalized spacial score (nSPS) is 17.6. The van der Waals surface area contributed by atoms with Crippen LogP contribution in [0.25, 0.3) is 6.08 Å². The van der Waals surface area contributed by atoms with Crippen molar-refractivity contribution in [1.82, 2.24) is 5.32 Å². The molecule has 1 fully saturated rings. The molecule has 0 aromatic heterocycles. The summed E-state index contributed by atoms with van der Waals surface area (Å²) in [7, 11) is 0. The SMILES string of the molecule is Cc1cc(C)c(C=C2SC(=Nc3ccc(F)cc3)NC2=O)c(C)c1. The molecule has 24 heavy (non-hydrogen) atoms. The fourth-order valence-electron chi connectivity index (χ4n) is 2.66. The van der Waals surface area contributed by atoms with Crippen LogP contribution in [-0.2, 0) is 4.79 Å². The molecule has 1 aliphatic heterocycles. The van der Waals surface area contributed by atoms with E-state index in [1.54, 1.807) is 12.1 Å². The van der Waals surface area contributed by atoms with Crippen molar-refractivity contribution < 1.29 is 9.18 Å². The van der Waals surface area contributed by atoms with Gasteiger partial charge in [0.1, 0.15) is 5.82 Å². The van der Waals surface area contributed by atoms with Crippen LogP contribution in [0.5, 0.6) is 0 Å². The van der Waals surface area contributed by atoms with Gasteiger partial charge in [0.25, 0.3) is 5.91 Å². The fraction of sp³-hybridized carbons (Fsp3) is 0.158. The molecule has 1 heterocycles. The molecule has 0 bridgehead atoms. The molecule has 1 saturated heterocycles. The molecule has 1 amide bonds. The van der Waals surface area contributed by atoms with E-state index in [4.69, 9.17) is 0 Å². The Morgan fingerprint density at radius 2 is 1.71 bits per heavy atom. The van der Waals surface area contributed by atoms with Crippen molar-refractivity contribution in [3.63, 3.8) is 0 Å². The lowest BCUT2D eigenvalue weighted by Crippen LogP contribution is -2.19. The summed E-state index contributed by atoms with van der Waals surface area (Å²) in [5.41, 5.74) is 5.13. The minimum absolute atomic E-state index is 0.166. The van der Waals surface area contributed by atoms with Crippen molar-refractivity contribution in [2.45, 2.75) is 20.8 Å². The minimum Gasteiger partial charge on any atom is -0.300 e. The number of rotatable bonds is 2. The first-order chi connectivity index (χ1) is 11.4. The molecule has 0 saturated carbocycles. The number of hydrogen-bond acceptors (Lipinski definition) is 3. The molecule has 0 spiro atoms. The van der Waals surface area contributed by atoms with Gasteiger partial charge in [-0.05, 0) is 79.6 Å². The molecule has 5 heteroatoms. The minimum atomic E-state index is -0.312. The van der Waals surface area contributed by atoms with E-state index in [9.17, 15) is 9.18 Å². The van der Waals surface area contributed by atoms with E-state index >= 15 is 0 Å². The summed E-state index contributed by atoms with van der Waals surface area (Å²) in [6, 6.07) is 10.0. The number of nitrogens with zero attached hydrogens (tertiary/aromatic N) is 1. The number of aliphatic imine (C=N–C) groups is 1. The molecule has 1 aliphatic rings. The van der Waals surface area contributed by atoms with Crippen LogP contribution in [0.3, 0.4) is 0 Å². The fourth-order valence-corrected chi connectivity index (χ4v) is 3.49. The average Bonchev–Trinajstić information content (AvgIpc) is 2.85. The lowest BCUT2D eigenvalue weighted by Gasteiger charge is -2.07. The van der Waals surface area contributed by atoms with E-state index in [0.29, 0.717) is 15.8 Å². The predicted octanol–water partition coefficient (Wildman–Crippen LogP) is 4.64. The maximum Gasteiger partial charge on any atom is 0.264 e. The van der Waals surface area contributed by atoms with Crippen LogP contribution in [0, 0.1) is 26.6 Å². The second-order valence-electron chi connectivity index (χ2n) is 5.77. The van der Waals surface area contributed by atoms with E-state index in [1.807, 2.05) is 19.9 Å². The summed E-state index contributed by atoms with van der Waals surface area (Å²) >= 11 is 1.29. The first kappa shape index (κ1) is 16.5. The van der Waals surface area contributed by atoms with E-state index < -0.39 is 0 Å². The lowest BCUT2D eigenvalue weighted by atomic mass is 9.99. The monoisotopic (exact) mass is 340 g/mol. The standard InChI is InChI=1S/C19H17FN2OS/c1-11-8-12(2)16(13(3)9-11)10-17-18(23)22-19(24-17)21-15-6-4-14(20)5-7-15/h4-10H,1-3H3,(H,21,22,23). The summed E-state index contributed by atoms with van der Waals surface area (Å²) in [4.78, 5) is 17.1. The third kappa shape index (κ3) is 3.57. The highest BCUT2D eigenvalue weighted by atomic mass is 32.2. The number of carbonyl (C=O) groups is 1. The summed E-state index contributed by atoms with van der Waals surface area (Å²) in [5, 5.41) is 3.25. The maximum absolute atomic E-state index is 12.9. The van der Waals surface area contributed by atoms with Gasteiger partial charge in [0.2, 0.25) is 0 Å². The predicted molar refractivity (Wildman–Crippen MR) is 97.9 cm³/mol. The van der Waals surface area contributed by atoms with Crippen LogP contribution in [0.15, 0.2) is 46.3 Å². The second-order valence-corrected chi connectivity index (χ2v) is 6.80. The van der Waals surface area contributed by atoms with Gasteiger partial charge < -0.3 is 5.32 Å². The van der Waals surface area contributed by atoms with Gasteiger partial charge in [-0.15, -0.1) is 0 Å². The number of amides is 1. The maximum atomic E-state index is 12.9. The first-order valence-corrected chi connectivity index (χ1v) is 8.37. The van der Waals surface area contributed by atoms with Gasteiger partial charge in [-0.25, -0.2) is 9.38 Å². The molecule has 0 radical (unpaired) electrons. The number of aryl methyl sites for hydroxylation is 3. The van der Waals surface area contributed by atoms with E-state index in [0.717, 1.165) is 16.7 Å².